The number of benzene rings is 1. The van der Waals surface area contributed by atoms with Crippen LogP contribution >= 0.6 is 0 Å². The standard InChI is InChI=1S/C14H22N2O/c1-5-10(3)11(4)16-14(17)12-8-9(2)6-7-13(12)15/h6-8,10-11H,5,15H2,1-4H3,(H,16,17). The summed E-state index contributed by atoms with van der Waals surface area (Å²) in [5.41, 5.74) is 7.96. The van der Waals surface area contributed by atoms with Gasteiger partial charge in [-0.05, 0) is 31.9 Å². The van der Waals surface area contributed by atoms with E-state index in [2.05, 4.69) is 19.2 Å². The Bertz CT molecular complexity index is 401. The minimum absolute atomic E-state index is 0.0843. The Labute approximate surface area is 103 Å². The maximum absolute atomic E-state index is 12.1. The molecule has 94 valence electrons. The molecule has 0 saturated carbocycles. The number of amides is 1. The van der Waals surface area contributed by atoms with Crippen LogP contribution in [0.4, 0.5) is 5.69 Å². The zero-order chi connectivity index (χ0) is 13.0. The van der Waals surface area contributed by atoms with Crippen LogP contribution in [-0.4, -0.2) is 11.9 Å². The lowest BCUT2D eigenvalue weighted by atomic mass is 10.00. The van der Waals surface area contributed by atoms with Crippen molar-refractivity contribution in [3.8, 4) is 0 Å². The summed E-state index contributed by atoms with van der Waals surface area (Å²) < 4.78 is 0. The number of nitrogens with two attached hydrogens (primary N) is 1. The van der Waals surface area contributed by atoms with Gasteiger partial charge < -0.3 is 11.1 Å². The first kappa shape index (κ1) is 13.6. The van der Waals surface area contributed by atoms with Crippen LogP contribution in [0.15, 0.2) is 18.2 Å². The van der Waals surface area contributed by atoms with Crippen molar-refractivity contribution >= 4 is 11.6 Å². The quantitative estimate of drug-likeness (QED) is 0.787. The monoisotopic (exact) mass is 234 g/mol. The molecule has 3 nitrogen and oxygen atoms in total. The molecule has 0 aliphatic rings. The minimum atomic E-state index is -0.0843. The van der Waals surface area contributed by atoms with Crippen molar-refractivity contribution in [3.05, 3.63) is 29.3 Å². The van der Waals surface area contributed by atoms with E-state index in [9.17, 15) is 4.79 Å². The van der Waals surface area contributed by atoms with E-state index >= 15 is 0 Å². The van der Waals surface area contributed by atoms with Crippen molar-refractivity contribution in [2.75, 3.05) is 5.73 Å². The minimum Gasteiger partial charge on any atom is -0.398 e. The fraction of sp³-hybridized carbons (Fsp3) is 0.500. The molecule has 0 aromatic heterocycles. The van der Waals surface area contributed by atoms with Gasteiger partial charge in [0.15, 0.2) is 0 Å². The number of carbonyl (C=O) groups excluding carboxylic acids is 1. The lowest BCUT2D eigenvalue weighted by Gasteiger charge is -2.20. The summed E-state index contributed by atoms with van der Waals surface area (Å²) in [4.78, 5) is 12.1. The van der Waals surface area contributed by atoms with Crippen LogP contribution in [-0.2, 0) is 0 Å². The van der Waals surface area contributed by atoms with Crippen molar-refractivity contribution in [3.63, 3.8) is 0 Å². The summed E-state index contributed by atoms with van der Waals surface area (Å²) >= 11 is 0. The lowest BCUT2D eigenvalue weighted by molar-refractivity contribution is 0.0929. The summed E-state index contributed by atoms with van der Waals surface area (Å²) in [6.07, 6.45) is 1.05. The molecule has 1 aromatic carbocycles. The van der Waals surface area contributed by atoms with E-state index in [4.69, 9.17) is 5.73 Å². The third kappa shape index (κ3) is 3.48. The number of carbonyl (C=O) groups is 1. The second kappa shape index (κ2) is 5.71. The molecular weight excluding hydrogens is 212 g/mol. The molecule has 17 heavy (non-hydrogen) atoms. The van der Waals surface area contributed by atoms with E-state index < -0.39 is 0 Å². The molecule has 1 aromatic rings. The van der Waals surface area contributed by atoms with Gasteiger partial charge in [0.05, 0.1) is 5.56 Å². The molecular formula is C14H22N2O. The van der Waals surface area contributed by atoms with Crippen LogP contribution < -0.4 is 11.1 Å². The summed E-state index contributed by atoms with van der Waals surface area (Å²) in [6, 6.07) is 5.67. The molecule has 3 N–H and O–H groups in total. The number of anilines is 1. The van der Waals surface area contributed by atoms with E-state index in [1.165, 1.54) is 0 Å². The highest BCUT2D eigenvalue weighted by atomic mass is 16.1. The molecule has 0 heterocycles. The molecule has 3 heteroatoms. The highest BCUT2D eigenvalue weighted by Crippen LogP contribution is 2.15. The van der Waals surface area contributed by atoms with Crippen LogP contribution in [0.25, 0.3) is 0 Å². The molecule has 0 fully saturated rings. The molecule has 0 bridgehead atoms. The number of hydrogen-bond donors (Lipinski definition) is 2. The Morgan fingerprint density at radius 2 is 2.06 bits per heavy atom. The molecule has 0 aliphatic heterocycles. The van der Waals surface area contributed by atoms with E-state index in [1.54, 1.807) is 6.07 Å². The van der Waals surface area contributed by atoms with E-state index in [1.807, 2.05) is 26.0 Å². The van der Waals surface area contributed by atoms with Gasteiger partial charge in [0.1, 0.15) is 0 Å². The lowest BCUT2D eigenvalue weighted by Crippen LogP contribution is -2.37. The Kier molecular flexibility index (Phi) is 4.55. The van der Waals surface area contributed by atoms with Crippen molar-refractivity contribution in [2.45, 2.75) is 40.2 Å². The van der Waals surface area contributed by atoms with E-state index in [0.29, 0.717) is 17.2 Å². The number of aryl methyl sites for hydroxylation is 1. The average molecular weight is 234 g/mol. The van der Waals surface area contributed by atoms with Crippen LogP contribution in [0.5, 0.6) is 0 Å². The van der Waals surface area contributed by atoms with Gasteiger partial charge in [0.2, 0.25) is 0 Å². The fourth-order valence-corrected chi connectivity index (χ4v) is 1.65. The zero-order valence-electron chi connectivity index (χ0n) is 11.1. The summed E-state index contributed by atoms with van der Waals surface area (Å²) in [5, 5.41) is 3.00. The molecule has 0 saturated heterocycles. The predicted octanol–water partition coefficient (Wildman–Crippen LogP) is 2.74. The molecule has 1 amide bonds. The average Bonchev–Trinajstić information content (AvgIpc) is 2.30. The Balaban J connectivity index is 2.79. The van der Waals surface area contributed by atoms with Crippen LogP contribution in [0.2, 0.25) is 0 Å². The summed E-state index contributed by atoms with van der Waals surface area (Å²) in [7, 11) is 0. The van der Waals surface area contributed by atoms with Gasteiger partial charge in [0, 0.05) is 11.7 Å². The van der Waals surface area contributed by atoms with Crippen LogP contribution in [0.3, 0.4) is 0 Å². The van der Waals surface area contributed by atoms with Gasteiger partial charge in [-0.25, -0.2) is 0 Å². The Morgan fingerprint density at radius 3 is 2.65 bits per heavy atom. The van der Waals surface area contributed by atoms with Gasteiger partial charge in [-0.15, -0.1) is 0 Å². The van der Waals surface area contributed by atoms with Crippen LogP contribution in [0.1, 0.15) is 43.1 Å². The maximum atomic E-state index is 12.1. The molecule has 2 atom stereocenters. The second-order valence-corrected chi connectivity index (χ2v) is 4.74. The smallest absolute Gasteiger partial charge is 0.253 e. The van der Waals surface area contributed by atoms with Crippen LogP contribution in [0, 0.1) is 12.8 Å². The maximum Gasteiger partial charge on any atom is 0.253 e. The third-order valence-electron chi connectivity index (χ3n) is 3.31. The van der Waals surface area contributed by atoms with E-state index in [-0.39, 0.29) is 11.9 Å². The predicted molar refractivity (Wildman–Crippen MR) is 72.0 cm³/mol. The summed E-state index contributed by atoms with van der Waals surface area (Å²) in [5.74, 6) is 0.379. The third-order valence-corrected chi connectivity index (χ3v) is 3.31. The molecule has 0 radical (unpaired) electrons. The second-order valence-electron chi connectivity index (χ2n) is 4.74. The Hall–Kier alpha value is -1.51. The highest BCUT2D eigenvalue weighted by molar-refractivity contribution is 5.99. The summed E-state index contributed by atoms with van der Waals surface area (Å²) in [6.45, 7) is 8.23. The van der Waals surface area contributed by atoms with Crippen molar-refractivity contribution in [2.24, 2.45) is 5.92 Å². The zero-order valence-corrected chi connectivity index (χ0v) is 11.1. The van der Waals surface area contributed by atoms with Gasteiger partial charge in [-0.1, -0.05) is 31.9 Å². The SMILES string of the molecule is CCC(C)C(C)NC(=O)c1cc(C)ccc1N. The first-order valence-electron chi connectivity index (χ1n) is 6.12. The van der Waals surface area contributed by atoms with Crippen molar-refractivity contribution in [1.82, 2.24) is 5.32 Å². The number of nitrogen functional groups attached to an aromatic ring is 1. The van der Waals surface area contributed by atoms with Gasteiger partial charge in [-0.2, -0.15) is 0 Å². The molecule has 0 spiro atoms. The highest BCUT2D eigenvalue weighted by Gasteiger charge is 2.16. The molecule has 0 aliphatic carbocycles. The number of hydrogen-bond acceptors (Lipinski definition) is 2. The Morgan fingerprint density at radius 1 is 1.41 bits per heavy atom. The van der Waals surface area contributed by atoms with E-state index in [0.717, 1.165) is 12.0 Å². The van der Waals surface area contributed by atoms with Crippen molar-refractivity contribution < 1.29 is 4.79 Å². The van der Waals surface area contributed by atoms with Gasteiger partial charge >= 0.3 is 0 Å². The fourth-order valence-electron chi connectivity index (χ4n) is 1.65. The topological polar surface area (TPSA) is 55.1 Å². The van der Waals surface area contributed by atoms with Gasteiger partial charge in [0.25, 0.3) is 5.91 Å². The first-order chi connectivity index (χ1) is 7.95. The molecule has 1 rings (SSSR count). The normalized spacial score (nSPS) is 14.1. The molecule has 2 unspecified atom stereocenters. The largest absolute Gasteiger partial charge is 0.398 e. The first-order valence-corrected chi connectivity index (χ1v) is 6.12. The number of rotatable bonds is 4. The van der Waals surface area contributed by atoms with Gasteiger partial charge in [-0.3, -0.25) is 4.79 Å². The number of nitrogens with one attached hydrogen (secondary N) is 1. The van der Waals surface area contributed by atoms with Crippen molar-refractivity contribution in [1.29, 1.82) is 0 Å².